The van der Waals surface area contributed by atoms with E-state index >= 15 is 0 Å². The molecule has 21 heavy (non-hydrogen) atoms. The predicted molar refractivity (Wildman–Crippen MR) is 74.5 cm³/mol. The fraction of sp³-hybridized carbons (Fsp3) is 0.167. The summed E-state index contributed by atoms with van der Waals surface area (Å²) >= 11 is 1.19. The van der Waals surface area contributed by atoms with E-state index in [2.05, 4.69) is 30.5 Å². The summed E-state index contributed by atoms with van der Waals surface area (Å²) in [5, 5.41) is 18.7. The molecule has 106 valence electrons. The summed E-state index contributed by atoms with van der Waals surface area (Å²) in [5.74, 6) is 0.539. The maximum absolute atomic E-state index is 12.0. The second-order valence-electron chi connectivity index (χ2n) is 4.14. The number of aromatic nitrogens is 6. The minimum atomic E-state index is -0.187. The first-order chi connectivity index (χ1) is 10.3. The van der Waals surface area contributed by atoms with Gasteiger partial charge in [0.05, 0.1) is 5.75 Å². The average molecular weight is 302 g/mol. The van der Waals surface area contributed by atoms with Crippen LogP contribution in [-0.2, 0) is 0 Å². The molecule has 0 aliphatic heterocycles. The van der Waals surface area contributed by atoms with Gasteiger partial charge in [0.25, 0.3) is 0 Å². The Morgan fingerprint density at radius 1 is 1.29 bits per heavy atom. The highest BCUT2D eigenvalue weighted by Crippen LogP contribution is 2.19. The molecule has 2 heterocycles. The fourth-order valence-corrected chi connectivity index (χ4v) is 2.42. The number of benzene rings is 1. The van der Waals surface area contributed by atoms with Crippen LogP contribution in [0.25, 0.3) is 11.4 Å². The second-order valence-corrected chi connectivity index (χ2v) is 5.03. The molecule has 3 rings (SSSR count). The lowest BCUT2D eigenvalue weighted by Gasteiger charge is -2.02. The van der Waals surface area contributed by atoms with Gasteiger partial charge in [0.2, 0.25) is 0 Å². The Morgan fingerprint density at radius 2 is 2.10 bits per heavy atom. The topological polar surface area (TPSA) is 99.6 Å². The van der Waals surface area contributed by atoms with Gasteiger partial charge in [-0.25, -0.2) is 4.63 Å². The Kier molecular flexibility index (Phi) is 3.73. The van der Waals surface area contributed by atoms with E-state index in [1.807, 2.05) is 30.3 Å². The largest absolute Gasteiger partial charge is 0.291 e. The second kappa shape index (κ2) is 5.83. The van der Waals surface area contributed by atoms with E-state index in [0.717, 1.165) is 5.56 Å². The summed E-state index contributed by atoms with van der Waals surface area (Å²) in [6, 6.07) is 9.50. The Bertz CT molecular complexity index is 754. The number of aryl methyl sites for hydroxylation is 1. The molecule has 0 saturated carbocycles. The number of carbonyl (C=O) groups is 1. The van der Waals surface area contributed by atoms with Crippen LogP contribution >= 0.6 is 11.9 Å². The lowest BCUT2D eigenvalue weighted by Crippen LogP contribution is -2.07. The van der Waals surface area contributed by atoms with Gasteiger partial charge in [-0.15, -0.1) is 5.10 Å². The number of nitrogens with zero attached hydrogens (tertiary/aromatic N) is 6. The lowest BCUT2D eigenvalue weighted by molar-refractivity contribution is 0.101. The lowest BCUT2D eigenvalue weighted by atomic mass is 10.2. The number of ketones is 1. The minimum absolute atomic E-state index is 0.139. The molecule has 0 aliphatic carbocycles. The van der Waals surface area contributed by atoms with Crippen LogP contribution in [0.1, 0.15) is 16.2 Å². The van der Waals surface area contributed by atoms with Crippen LogP contribution in [0.15, 0.2) is 35.0 Å². The molecule has 0 aliphatic rings. The first-order valence-electron chi connectivity index (χ1n) is 6.05. The van der Waals surface area contributed by atoms with Gasteiger partial charge >= 0.3 is 0 Å². The molecule has 0 spiro atoms. The van der Waals surface area contributed by atoms with E-state index in [4.69, 9.17) is 0 Å². The molecular weight excluding hydrogens is 292 g/mol. The number of hydrogen-bond acceptors (Lipinski definition) is 8. The zero-order valence-electron chi connectivity index (χ0n) is 11.0. The van der Waals surface area contributed by atoms with Crippen molar-refractivity contribution in [2.24, 2.45) is 0 Å². The quantitative estimate of drug-likeness (QED) is 0.652. The number of tetrazole rings is 1. The highest BCUT2D eigenvalue weighted by molar-refractivity contribution is 7.98. The highest BCUT2D eigenvalue weighted by atomic mass is 32.2. The molecular formula is C12H10N6O2S. The fourth-order valence-electron chi connectivity index (χ4n) is 1.69. The molecule has 0 unspecified atom stereocenters. The van der Waals surface area contributed by atoms with Gasteiger partial charge in [-0.2, -0.15) is 4.09 Å². The summed E-state index contributed by atoms with van der Waals surface area (Å²) in [4.78, 5) is 12.0. The van der Waals surface area contributed by atoms with Crippen LogP contribution in [0.2, 0.25) is 0 Å². The van der Waals surface area contributed by atoms with E-state index in [9.17, 15) is 4.79 Å². The molecule has 0 atom stereocenters. The molecule has 0 N–H and O–H groups in total. The zero-order chi connectivity index (χ0) is 14.7. The van der Waals surface area contributed by atoms with Crippen molar-refractivity contribution in [2.45, 2.75) is 6.92 Å². The van der Waals surface area contributed by atoms with Gasteiger partial charge in [0.15, 0.2) is 17.3 Å². The number of Topliss-reactive ketones (excluding diaryl/α,β-unsaturated/α-hetero) is 1. The third kappa shape index (κ3) is 2.82. The number of rotatable bonds is 5. The van der Waals surface area contributed by atoms with Gasteiger partial charge in [0, 0.05) is 5.56 Å². The van der Waals surface area contributed by atoms with Crippen molar-refractivity contribution < 1.29 is 9.42 Å². The maximum atomic E-state index is 12.0. The Balaban J connectivity index is 1.74. The number of hydrogen-bond donors (Lipinski definition) is 0. The molecule has 0 saturated heterocycles. The summed E-state index contributed by atoms with van der Waals surface area (Å²) in [6.07, 6.45) is 0. The predicted octanol–water partition coefficient (Wildman–Crippen LogP) is 1.41. The van der Waals surface area contributed by atoms with Crippen LogP contribution in [0.4, 0.5) is 0 Å². The molecule has 0 bridgehead atoms. The summed E-state index contributed by atoms with van der Waals surface area (Å²) < 4.78 is 6.03. The van der Waals surface area contributed by atoms with Crippen molar-refractivity contribution in [1.29, 1.82) is 0 Å². The standard InChI is InChI=1S/C12H10N6O2S/c1-8-11(15-20-14-8)10(19)7-21-18-12(13-16-17-18)9-5-3-2-4-6-9/h2-6H,7H2,1H3. The van der Waals surface area contributed by atoms with E-state index in [0.29, 0.717) is 11.5 Å². The molecule has 8 nitrogen and oxygen atoms in total. The van der Waals surface area contributed by atoms with Crippen LogP contribution in [0.3, 0.4) is 0 Å². The molecule has 0 radical (unpaired) electrons. The number of carbonyl (C=O) groups excluding carboxylic acids is 1. The first-order valence-corrected chi connectivity index (χ1v) is 6.99. The third-order valence-corrected chi connectivity index (χ3v) is 3.59. The SMILES string of the molecule is Cc1nonc1C(=O)CSn1nnnc1-c1ccccc1. The Hall–Kier alpha value is -2.55. The Labute approximate surface area is 123 Å². The van der Waals surface area contributed by atoms with Crippen molar-refractivity contribution in [2.75, 3.05) is 5.75 Å². The van der Waals surface area contributed by atoms with Gasteiger partial charge in [-0.1, -0.05) is 35.5 Å². The monoisotopic (exact) mass is 302 g/mol. The van der Waals surface area contributed by atoms with Crippen LogP contribution in [0.5, 0.6) is 0 Å². The zero-order valence-corrected chi connectivity index (χ0v) is 11.8. The van der Waals surface area contributed by atoms with Crippen molar-refractivity contribution in [3.63, 3.8) is 0 Å². The highest BCUT2D eigenvalue weighted by Gasteiger charge is 2.17. The van der Waals surface area contributed by atoms with Crippen molar-refractivity contribution in [3.05, 3.63) is 41.7 Å². The van der Waals surface area contributed by atoms with E-state index in [-0.39, 0.29) is 17.2 Å². The van der Waals surface area contributed by atoms with E-state index in [1.165, 1.54) is 16.0 Å². The molecule has 1 aromatic carbocycles. The van der Waals surface area contributed by atoms with E-state index in [1.54, 1.807) is 6.92 Å². The summed E-state index contributed by atoms with van der Waals surface area (Å²) in [6.45, 7) is 1.67. The molecule has 0 fully saturated rings. The van der Waals surface area contributed by atoms with Gasteiger partial charge in [-0.3, -0.25) is 4.79 Å². The van der Waals surface area contributed by atoms with Gasteiger partial charge in [0.1, 0.15) is 5.69 Å². The summed E-state index contributed by atoms with van der Waals surface area (Å²) in [5.41, 5.74) is 1.58. The van der Waals surface area contributed by atoms with Crippen molar-refractivity contribution in [3.8, 4) is 11.4 Å². The molecule has 3 aromatic rings. The van der Waals surface area contributed by atoms with Crippen molar-refractivity contribution in [1.82, 2.24) is 29.9 Å². The van der Waals surface area contributed by atoms with Gasteiger partial charge in [-0.05, 0) is 34.5 Å². The van der Waals surface area contributed by atoms with Crippen LogP contribution in [0, 0.1) is 6.92 Å². The summed E-state index contributed by atoms with van der Waals surface area (Å²) in [7, 11) is 0. The smallest absolute Gasteiger partial charge is 0.198 e. The minimum Gasteiger partial charge on any atom is -0.291 e. The van der Waals surface area contributed by atoms with Crippen LogP contribution in [-0.4, -0.2) is 41.5 Å². The van der Waals surface area contributed by atoms with Crippen molar-refractivity contribution >= 4 is 17.7 Å². The maximum Gasteiger partial charge on any atom is 0.198 e. The molecule has 2 aromatic heterocycles. The van der Waals surface area contributed by atoms with E-state index < -0.39 is 0 Å². The molecule has 0 amide bonds. The third-order valence-electron chi connectivity index (χ3n) is 2.71. The average Bonchev–Trinajstić information content (AvgIpc) is 3.14. The molecule has 9 heteroatoms. The first kappa shape index (κ1) is 13.4. The van der Waals surface area contributed by atoms with Crippen LogP contribution < -0.4 is 0 Å². The van der Waals surface area contributed by atoms with Gasteiger partial charge < -0.3 is 0 Å². The normalized spacial score (nSPS) is 10.7. The Morgan fingerprint density at radius 3 is 2.81 bits per heavy atom.